The molecule has 0 atom stereocenters. The first-order chi connectivity index (χ1) is 17.2. The number of imide groups is 1. The molecule has 2 N–H and O–H groups in total. The van der Waals surface area contributed by atoms with Gasteiger partial charge in [-0.25, -0.2) is 4.90 Å². The Morgan fingerprint density at radius 2 is 1.67 bits per heavy atom. The Morgan fingerprint density at radius 1 is 0.889 bits per heavy atom. The number of benzene rings is 3. The van der Waals surface area contributed by atoms with Gasteiger partial charge in [0.15, 0.2) is 0 Å². The summed E-state index contributed by atoms with van der Waals surface area (Å²) in [4.78, 5) is 39.8. The van der Waals surface area contributed by atoms with Crippen molar-refractivity contribution in [1.29, 1.82) is 0 Å². The first-order valence-electron chi connectivity index (χ1n) is 10.7. The molecule has 10 heteroatoms. The minimum Gasteiger partial charge on any atom is -0.497 e. The van der Waals surface area contributed by atoms with Crippen molar-refractivity contribution in [3.8, 4) is 11.5 Å². The molecule has 0 spiro atoms. The lowest BCUT2D eigenvalue weighted by Crippen LogP contribution is -2.32. The molecule has 1 aliphatic rings. The fourth-order valence-corrected chi connectivity index (χ4v) is 3.99. The number of hydrogen-bond acceptors (Lipinski definition) is 6. The number of ether oxygens (including phenoxy) is 2. The van der Waals surface area contributed by atoms with Gasteiger partial charge in [0.25, 0.3) is 17.7 Å². The first-order valence-corrected chi connectivity index (χ1v) is 11.4. The zero-order chi connectivity index (χ0) is 26.0. The lowest BCUT2D eigenvalue weighted by molar-refractivity contribution is -0.120. The van der Waals surface area contributed by atoms with E-state index in [4.69, 9.17) is 32.7 Å². The molecule has 3 aromatic carbocycles. The molecule has 0 saturated heterocycles. The monoisotopic (exact) mass is 525 g/mol. The maximum absolute atomic E-state index is 13.1. The highest BCUT2D eigenvalue weighted by Crippen LogP contribution is 2.33. The summed E-state index contributed by atoms with van der Waals surface area (Å²) in [5.41, 5.74) is 2.13. The number of nitrogens with one attached hydrogen (secondary N) is 2. The van der Waals surface area contributed by atoms with E-state index >= 15 is 0 Å². The van der Waals surface area contributed by atoms with Crippen molar-refractivity contribution in [2.24, 2.45) is 0 Å². The van der Waals surface area contributed by atoms with Gasteiger partial charge in [0, 0.05) is 22.3 Å². The summed E-state index contributed by atoms with van der Waals surface area (Å²) in [6.07, 6.45) is 0. The maximum atomic E-state index is 13.1. The highest BCUT2D eigenvalue weighted by Gasteiger charge is 2.39. The topological polar surface area (TPSA) is 97.0 Å². The van der Waals surface area contributed by atoms with Gasteiger partial charge in [-0.05, 0) is 55.0 Å². The molecule has 36 heavy (non-hydrogen) atoms. The standard InChI is InChI=1S/C26H21Cl2N3O5/c1-14-7-8-15(24(32)30-19-10-9-18(35-2)13-21(19)36-3)11-20(14)29-23-22(28)25(33)31(26(23)34)17-6-4-5-16(27)12-17/h4-13,29H,1-3H3,(H,30,32). The fraction of sp³-hybridized carbons (Fsp3) is 0.115. The molecule has 1 aliphatic heterocycles. The van der Waals surface area contributed by atoms with Crippen LogP contribution in [-0.2, 0) is 9.59 Å². The lowest BCUT2D eigenvalue weighted by atomic mass is 10.1. The third-order valence-electron chi connectivity index (χ3n) is 5.51. The third-order valence-corrected chi connectivity index (χ3v) is 6.10. The summed E-state index contributed by atoms with van der Waals surface area (Å²) in [6.45, 7) is 1.79. The second kappa shape index (κ2) is 10.3. The number of amides is 3. The minimum absolute atomic E-state index is 0.0980. The van der Waals surface area contributed by atoms with Crippen LogP contribution in [0.4, 0.5) is 17.1 Å². The number of carbonyl (C=O) groups is 3. The van der Waals surface area contributed by atoms with Crippen LogP contribution in [0.1, 0.15) is 15.9 Å². The molecule has 184 valence electrons. The molecule has 8 nitrogen and oxygen atoms in total. The van der Waals surface area contributed by atoms with Crippen molar-refractivity contribution < 1.29 is 23.9 Å². The number of anilines is 3. The van der Waals surface area contributed by atoms with Crippen LogP contribution < -0.4 is 25.0 Å². The van der Waals surface area contributed by atoms with Gasteiger partial charge in [0.05, 0.1) is 25.6 Å². The highest BCUT2D eigenvalue weighted by molar-refractivity contribution is 6.53. The van der Waals surface area contributed by atoms with Gasteiger partial charge >= 0.3 is 0 Å². The number of methoxy groups -OCH3 is 2. The molecule has 0 aliphatic carbocycles. The molecule has 1 heterocycles. The van der Waals surface area contributed by atoms with Gasteiger partial charge in [-0.15, -0.1) is 0 Å². The summed E-state index contributed by atoms with van der Waals surface area (Å²) in [5.74, 6) is -0.703. The van der Waals surface area contributed by atoms with Crippen molar-refractivity contribution in [1.82, 2.24) is 0 Å². The average molecular weight is 526 g/mol. The Morgan fingerprint density at radius 3 is 2.36 bits per heavy atom. The molecule has 0 unspecified atom stereocenters. The van der Waals surface area contributed by atoms with Gasteiger partial charge in [-0.3, -0.25) is 14.4 Å². The Kier molecular flexibility index (Phi) is 7.19. The van der Waals surface area contributed by atoms with Crippen molar-refractivity contribution in [3.05, 3.63) is 87.5 Å². The van der Waals surface area contributed by atoms with Gasteiger partial charge in [-0.2, -0.15) is 0 Å². The van der Waals surface area contributed by atoms with Gasteiger partial charge in [0.1, 0.15) is 22.2 Å². The first kappa shape index (κ1) is 25.1. The van der Waals surface area contributed by atoms with E-state index in [0.717, 1.165) is 10.5 Å². The van der Waals surface area contributed by atoms with Gasteiger partial charge in [-0.1, -0.05) is 35.3 Å². The Bertz CT molecular complexity index is 1420. The molecule has 4 rings (SSSR count). The zero-order valence-corrected chi connectivity index (χ0v) is 21.0. The van der Waals surface area contributed by atoms with E-state index in [2.05, 4.69) is 10.6 Å². The van der Waals surface area contributed by atoms with Crippen LogP contribution in [-0.4, -0.2) is 31.9 Å². The van der Waals surface area contributed by atoms with Gasteiger partial charge in [0.2, 0.25) is 0 Å². The zero-order valence-electron chi connectivity index (χ0n) is 19.5. The Balaban J connectivity index is 1.58. The fourth-order valence-electron chi connectivity index (χ4n) is 3.59. The number of carbonyl (C=O) groups excluding carboxylic acids is 3. The quantitative estimate of drug-likeness (QED) is 0.403. The second-order valence-corrected chi connectivity index (χ2v) is 8.60. The second-order valence-electron chi connectivity index (χ2n) is 7.79. The van der Waals surface area contributed by atoms with E-state index in [9.17, 15) is 14.4 Å². The number of halogens is 2. The molecule has 0 bridgehead atoms. The van der Waals surface area contributed by atoms with Crippen molar-refractivity contribution in [2.45, 2.75) is 6.92 Å². The molecular weight excluding hydrogens is 505 g/mol. The molecule has 3 amide bonds. The van der Waals surface area contributed by atoms with E-state index in [-0.39, 0.29) is 10.7 Å². The molecular formula is C26H21Cl2N3O5. The molecule has 0 aromatic heterocycles. The lowest BCUT2D eigenvalue weighted by Gasteiger charge is -2.16. The summed E-state index contributed by atoms with van der Waals surface area (Å²) < 4.78 is 10.5. The van der Waals surface area contributed by atoms with Crippen LogP contribution in [0.2, 0.25) is 5.02 Å². The number of rotatable bonds is 7. The summed E-state index contributed by atoms with van der Waals surface area (Å²) in [5, 5.41) is 5.84. The van der Waals surface area contributed by atoms with Crippen LogP contribution in [0.25, 0.3) is 0 Å². The maximum Gasteiger partial charge on any atom is 0.283 e. The predicted octanol–water partition coefficient (Wildman–Crippen LogP) is 5.35. The van der Waals surface area contributed by atoms with Crippen LogP contribution in [0, 0.1) is 6.92 Å². The van der Waals surface area contributed by atoms with Crippen LogP contribution in [0.5, 0.6) is 11.5 Å². The van der Waals surface area contributed by atoms with E-state index in [1.165, 1.54) is 20.3 Å². The molecule has 0 saturated carbocycles. The van der Waals surface area contributed by atoms with Crippen LogP contribution in [0.3, 0.4) is 0 Å². The van der Waals surface area contributed by atoms with Crippen LogP contribution in [0.15, 0.2) is 71.4 Å². The molecule has 0 fully saturated rings. The Labute approximate surface area is 217 Å². The number of nitrogens with zero attached hydrogens (tertiary/aromatic N) is 1. The van der Waals surface area contributed by atoms with Crippen molar-refractivity contribution in [3.63, 3.8) is 0 Å². The normalized spacial score (nSPS) is 13.2. The largest absolute Gasteiger partial charge is 0.497 e. The Hall–Kier alpha value is -4.01. The van der Waals surface area contributed by atoms with E-state index in [0.29, 0.717) is 39.1 Å². The molecule has 3 aromatic rings. The highest BCUT2D eigenvalue weighted by atomic mass is 35.5. The smallest absolute Gasteiger partial charge is 0.283 e. The number of aryl methyl sites for hydroxylation is 1. The summed E-state index contributed by atoms with van der Waals surface area (Å²) in [7, 11) is 3.02. The number of hydrogen-bond donors (Lipinski definition) is 2. The summed E-state index contributed by atoms with van der Waals surface area (Å²) in [6, 6.07) is 16.3. The minimum atomic E-state index is -0.676. The predicted molar refractivity (Wildman–Crippen MR) is 139 cm³/mol. The third kappa shape index (κ3) is 4.86. The van der Waals surface area contributed by atoms with E-state index < -0.39 is 17.7 Å². The van der Waals surface area contributed by atoms with Crippen molar-refractivity contribution in [2.75, 3.05) is 29.8 Å². The van der Waals surface area contributed by atoms with E-state index in [1.54, 1.807) is 61.5 Å². The SMILES string of the molecule is COc1ccc(NC(=O)c2ccc(C)c(NC3=C(Cl)C(=O)N(c4cccc(Cl)c4)C3=O)c2)c(OC)c1. The van der Waals surface area contributed by atoms with Crippen molar-refractivity contribution >= 4 is 58.0 Å². The van der Waals surface area contributed by atoms with Crippen LogP contribution >= 0.6 is 23.2 Å². The summed E-state index contributed by atoms with van der Waals surface area (Å²) >= 11 is 12.3. The van der Waals surface area contributed by atoms with E-state index in [1.807, 2.05) is 0 Å². The van der Waals surface area contributed by atoms with Gasteiger partial charge < -0.3 is 20.1 Å². The average Bonchev–Trinajstić information content (AvgIpc) is 3.08. The molecule has 0 radical (unpaired) electrons.